The minimum atomic E-state index is 0.321. The van der Waals surface area contributed by atoms with Crippen LogP contribution in [0.25, 0.3) is 0 Å². The summed E-state index contributed by atoms with van der Waals surface area (Å²) in [6.45, 7) is 5.46. The van der Waals surface area contributed by atoms with E-state index in [-0.39, 0.29) is 0 Å². The largest absolute Gasteiger partial charge is 0.384 e. The van der Waals surface area contributed by atoms with Crippen molar-refractivity contribution >= 4 is 23.0 Å². The Balaban J connectivity index is 2.28. The number of anilines is 2. The lowest BCUT2D eigenvalue weighted by atomic mass is 10.3. The zero-order valence-corrected chi connectivity index (χ0v) is 12.9. The van der Waals surface area contributed by atoms with Gasteiger partial charge in [0.05, 0.1) is 6.54 Å². The van der Waals surface area contributed by atoms with Gasteiger partial charge in [-0.3, -0.25) is 0 Å². The second-order valence-electron chi connectivity index (χ2n) is 4.80. The predicted octanol–water partition coefficient (Wildman–Crippen LogP) is 2.68. The van der Waals surface area contributed by atoms with Gasteiger partial charge in [-0.05, 0) is 25.3 Å². The number of nitrogens with zero attached hydrogens (tertiary/aromatic N) is 3. The number of thiophene rings is 1. The maximum atomic E-state index is 5.87. The molecule has 0 fully saturated rings. The van der Waals surface area contributed by atoms with E-state index in [4.69, 9.17) is 10.5 Å². The highest BCUT2D eigenvalue weighted by Crippen LogP contribution is 2.22. The topological polar surface area (TPSA) is 64.3 Å². The van der Waals surface area contributed by atoms with Crippen molar-refractivity contribution in [3.05, 3.63) is 34.3 Å². The minimum Gasteiger partial charge on any atom is -0.384 e. The first-order valence-electron chi connectivity index (χ1n) is 6.51. The first-order chi connectivity index (χ1) is 9.60. The third-order valence-corrected chi connectivity index (χ3v) is 3.74. The van der Waals surface area contributed by atoms with Gasteiger partial charge in [0.1, 0.15) is 18.2 Å². The molecule has 2 aromatic rings. The molecule has 2 heterocycles. The van der Waals surface area contributed by atoms with Crippen LogP contribution >= 0.6 is 11.3 Å². The van der Waals surface area contributed by atoms with Crippen LogP contribution in [-0.4, -0.2) is 23.1 Å². The van der Waals surface area contributed by atoms with E-state index < -0.39 is 0 Å². The average molecular weight is 292 g/mol. The lowest BCUT2D eigenvalue weighted by molar-refractivity contribution is 0.178. The van der Waals surface area contributed by atoms with E-state index in [1.54, 1.807) is 18.4 Å². The molecule has 0 saturated carbocycles. The second-order valence-corrected chi connectivity index (χ2v) is 5.83. The van der Waals surface area contributed by atoms with Crippen molar-refractivity contribution in [2.24, 2.45) is 0 Å². The summed E-state index contributed by atoms with van der Waals surface area (Å²) in [4.78, 5) is 12.2. The Hall–Kier alpha value is -1.66. The van der Waals surface area contributed by atoms with E-state index >= 15 is 0 Å². The number of rotatable bonds is 6. The molecule has 0 aliphatic rings. The maximum Gasteiger partial charge on any atom is 0.158 e. The van der Waals surface area contributed by atoms with Gasteiger partial charge in [0, 0.05) is 24.1 Å². The Bertz CT molecular complexity index is 542. The zero-order valence-electron chi connectivity index (χ0n) is 12.0. The fourth-order valence-electron chi connectivity index (χ4n) is 1.94. The zero-order chi connectivity index (χ0) is 14.5. The number of hydrogen-bond acceptors (Lipinski definition) is 6. The highest BCUT2D eigenvalue weighted by Gasteiger charge is 2.15. The van der Waals surface area contributed by atoms with Crippen molar-refractivity contribution in [3.63, 3.8) is 0 Å². The SMILES string of the molecule is COCc1nc(N)cc(N(Cc2cccs2)C(C)C)n1. The third kappa shape index (κ3) is 3.68. The van der Waals surface area contributed by atoms with Gasteiger partial charge in [0.15, 0.2) is 5.82 Å². The summed E-state index contributed by atoms with van der Waals surface area (Å²) in [6, 6.07) is 6.32. The molecule has 0 unspecified atom stereocenters. The predicted molar refractivity (Wildman–Crippen MR) is 82.8 cm³/mol. The van der Waals surface area contributed by atoms with Crippen LogP contribution in [0, 0.1) is 0 Å². The average Bonchev–Trinajstić information content (AvgIpc) is 2.88. The Morgan fingerprint density at radius 1 is 1.40 bits per heavy atom. The summed E-state index contributed by atoms with van der Waals surface area (Å²) in [6.07, 6.45) is 0. The molecule has 0 aromatic carbocycles. The van der Waals surface area contributed by atoms with Gasteiger partial charge in [0.2, 0.25) is 0 Å². The number of methoxy groups -OCH3 is 1. The summed E-state index contributed by atoms with van der Waals surface area (Å²) in [5, 5.41) is 2.08. The van der Waals surface area contributed by atoms with E-state index in [1.165, 1.54) is 4.88 Å². The molecule has 2 N–H and O–H groups in total. The first kappa shape index (κ1) is 14.7. The molecule has 20 heavy (non-hydrogen) atoms. The first-order valence-corrected chi connectivity index (χ1v) is 7.39. The lowest BCUT2D eigenvalue weighted by Gasteiger charge is -2.27. The number of aromatic nitrogens is 2. The monoisotopic (exact) mass is 292 g/mol. The van der Waals surface area contributed by atoms with Gasteiger partial charge in [-0.1, -0.05) is 6.07 Å². The van der Waals surface area contributed by atoms with Crippen molar-refractivity contribution in [1.29, 1.82) is 0 Å². The highest BCUT2D eigenvalue weighted by molar-refractivity contribution is 7.09. The Morgan fingerprint density at radius 3 is 2.80 bits per heavy atom. The summed E-state index contributed by atoms with van der Waals surface area (Å²) in [7, 11) is 1.62. The number of nitrogen functional groups attached to an aromatic ring is 1. The Morgan fingerprint density at radius 2 is 2.20 bits per heavy atom. The minimum absolute atomic E-state index is 0.321. The van der Waals surface area contributed by atoms with Gasteiger partial charge in [0.25, 0.3) is 0 Å². The van der Waals surface area contributed by atoms with E-state index in [1.807, 2.05) is 6.07 Å². The van der Waals surface area contributed by atoms with Crippen LogP contribution in [0.3, 0.4) is 0 Å². The molecule has 2 aromatic heterocycles. The standard InChI is InChI=1S/C14H20N4OS/c1-10(2)18(8-11-5-4-6-20-11)14-7-12(15)16-13(17-14)9-19-3/h4-7,10H,8-9H2,1-3H3,(H2,15,16,17). The molecule has 0 aliphatic heterocycles. The molecule has 0 aliphatic carbocycles. The molecular formula is C14H20N4OS. The van der Waals surface area contributed by atoms with Crippen molar-refractivity contribution in [1.82, 2.24) is 9.97 Å². The molecular weight excluding hydrogens is 272 g/mol. The van der Waals surface area contributed by atoms with Gasteiger partial charge in [-0.25, -0.2) is 9.97 Å². The molecule has 0 spiro atoms. The number of ether oxygens (including phenoxy) is 1. The fraction of sp³-hybridized carbons (Fsp3) is 0.429. The van der Waals surface area contributed by atoms with Gasteiger partial charge < -0.3 is 15.4 Å². The van der Waals surface area contributed by atoms with Gasteiger partial charge >= 0.3 is 0 Å². The second kappa shape index (κ2) is 6.67. The van der Waals surface area contributed by atoms with Crippen molar-refractivity contribution in [3.8, 4) is 0 Å². The van der Waals surface area contributed by atoms with Crippen LogP contribution in [0.1, 0.15) is 24.5 Å². The molecule has 6 heteroatoms. The number of nitrogens with two attached hydrogens (primary N) is 1. The van der Waals surface area contributed by atoms with Crippen molar-refractivity contribution < 1.29 is 4.74 Å². The van der Waals surface area contributed by atoms with E-state index in [0.717, 1.165) is 12.4 Å². The fourth-order valence-corrected chi connectivity index (χ4v) is 2.65. The van der Waals surface area contributed by atoms with Crippen LogP contribution in [0.5, 0.6) is 0 Å². The Labute approximate surface area is 123 Å². The molecule has 0 atom stereocenters. The molecule has 0 bridgehead atoms. The molecule has 2 rings (SSSR count). The van der Waals surface area contributed by atoms with Crippen LogP contribution in [-0.2, 0) is 17.9 Å². The smallest absolute Gasteiger partial charge is 0.158 e. The normalized spacial score (nSPS) is 11.0. The number of hydrogen-bond donors (Lipinski definition) is 1. The molecule has 0 radical (unpaired) electrons. The van der Waals surface area contributed by atoms with Crippen LogP contribution < -0.4 is 10.6 Å². The van der Waals surface area contributed by atoms with E-state index in [2.05, 4.69) is 46.2 Å². The summed E-state index contributed by atoms with van der Waals surface area (Å²) in [5.41, 5.74) is 5.87. The van der Waals surface area contributed by atoms with Gasteiger partial charge in [-0.15, -0.1) is 11.3 Å². The van der Waals surface area contributed by atoms with E-state index in [0.29, 0.717) is 24.3 Å². The molecule has 5 nitrogen and oxygen atoms in total. The maximum absolute atomic E-state index is 5.87. The molecule has 0 amide bonds. The van der Waals surface area contributed by atoms with Crippen LogP contribution in [0.4, 0.5) is 11.6 Å². The summed E-state index contributed by atoms with van der Waals surface area (Å²) >= 11 is 1.74. The lowest BCUT2D eigenvalue weighted by Crippen LogP contribution is -2.31. The molecule has 108 valence electrons. The van der Waals surface area contributed by atoms with Crippen molar-refractivity contribution in [2.45, 2.75) is 33.0 Å². The van der Waals surface area contributed by atoms with Crippen molar-refractivity contribution in [2.75, 3.05) is 17.7 Å². The van der Waals surface area contributed by atoms with Crippen LogP contribution in [0.2, 0.25) is 0 Å². The van der Waals surface area contributed by atoms with E-state index in [9.17, 15) is 0 Å². The quantitative estimate of drug-likeness (QED) is 0.887. The summed E-state index contributed by atoms with van der Waals surface area (Å²) in [5.74, 6) is 1.92. The highest BCUT2D eigenvalue weighted by atomic mass is 32.1. The molecule has 0 saturated heterocycles. The van der Waals surface area contributed by atoms with Gasteiger partial charge in [-0.2, -0.15) is 0 Å². The van der Waals surface area contributed by atoms with Crippen LogP contribution in [0.15, 0.2) is 23.6 Å². The summed E-state index contributed by atoms with van der Waals surface area (Å²) < 4.78 is 5.09. The third-order valence-electron chi connectivity index (χ3n) is 2.88. The Kier molecular flexibility index (Phi) is 4.92.